The summed E-state index contributed by atoms with van der Waals surface area (Å²) in [5, 5.41) is 12.5. The molecule has 100 valence electrons. The Morgan fingerprint density at radius 3 is 2.72 bits per heavy atom. The van der Waals surface area contributed by atoms with E-state index in [2.05, 4.69) is 15.0 Å². The second-order valence-electron chi connectivity index (χ2n) is 4.28. The van der Waals surface area contributed by atoms with Gasteiger partial charge in [0.05, 0.1) is 11.5 Å². The van der Waals surface area contributed by atoms with Gasteiger partial charge in [-0.3, -0.25) is 4.79 Å². The molecule has 1 aromatic heterocycles. The van der Waals surface area contributed by atoms with Crippen LogP contribution in [0.5, 0.6) is 0 Å². The van der Waals surface area contributed by atoms with E-state index in [1.165, 1.54) is 24.6 Å². The highest BCUT2D eigenvalue weighted by Gasteiger charge is 2.15. The molecule has 1 fully saturated rings. The van der Waals surface area contributed by atoms with E-state index in [1.807, 2.05) is 0 Å². The van der Waals surface area contributed by atoms with Gasteiger partial charge in [0.25, 0.3) is 5.95 Å². The summed E-state index contributed by atoms with van der Waals surface area (Å²) in [5.41, 5.74) is 0. The molecule has 7 heteroatoms. The fourth-order valence-corrected chi connectivity index (χ4v) is 2.50. The molecule has 0 spiro atoms. The lowest BCUT2D eigenvalue weighted by Crippen LogP contribution is -2.24. The molecule has 1 aromatic rings. The summed E-state index contributed by atoms with van der Waals surface area (Å²) < 4.78 is 5.12. The molecule has 0 amide bonds. The minimum atomic E-state index is -0.827. The Labute approximate surface area is 110 Å². The molecule has 6 nitrogen and oxygen atoms in total. The van der Waals surface area contributed by atoms with Crippen molar-refractivity contribution in [3.05, 3.63) is 5.89 Å². The standard InChI is InChI=1S/C11H17N3O3S/c15-10(16)8-18-7-9-12-11(13-17-9)14-5-3-1-2-4-6-14/h1-8H2,(H,15,16). The topological polar surface area (TPSA) is 79.5 Å². The highest BCUT2D eigenvalue weighted by atomic mass is 32.2. The number of aliphatic carboxylic acids is 1. The maximum atomic E-state index is 10.4. The van der Waals surface area contributed by atoms with Crippen molar-refractivity contribution >= 4 is 23.7 Å². The number of carboxylic acid groups (broad SMARTS) is 1. The zero-order chi connectivity index (χ0) is 12.8. The molecular formula is C11H17N3O3S. The fourth-order valence-electron chi connectivity index (χ4n) is 1.93. The second kappa shape index (κ2) is 6.63. The molecule has 0 radical (unpaired) electrons. The Bertz CT molecular complexity index is 389. The van der Waals surface area contributed by atoms with E-state index in [0.717, 1.165) is 25.9 Å². The van der Waals surface area contributed by atoms with E-state index in [9.17, 15) is 4.79 Å². The molecule has 0 aromatic carbocycles. The molecule has 2 rings (SSSR count). The van der Waals surface area contributed by atoms with Gasteiger partial charge in [-0.15, -0.1) is 11.8 Å². The van der Waals surface area contributed by atoms with Gasteiger partial charge in [-0.25, -0.2) is 0 Å². The fraction of sp³-hybridized carbons (Fsp3) is 0.727. The number of rotatable bonds is 5. The number of carboxylic acids is 1. The largest absolute Gasteiger partial charge is 0.481 e. The Balaban J connectivity index is 1.86. The highest BCUT2D eigenvalue weighted by molar-refractivity contribution is 7.99. The number of hydrogen-bond acceptors (Lipinski definition) is 6. The molecule has 0 atom stereocenters. The average Bonchev–Trinajstić information content (AvgIpc) is 2.63. The summed E-state index contributed by atoms with van der Waals surface area (Å²) in [6, 6.07) is 0. The molecule has 2 heterocycles. The molecule has 1 saturated heterocycles. The van der Waals surface area contributed by atoms with Gasteiger partial charge in [0.1, 0.15) is 0 Å². The summed E-state index contributed by atoms with van der Waals surface area (Å²) in [6.07, 6.45) is 4.85. The van der Waals surface area contributed by atoms with E-state index in [0.29, 0.717) is 17.6 Å². The third-order valence-electron chi connectivity index (χ3n) is 2.80. The van der Waals surface area contributed by atoms with Crippen LogP contribution in [0.15, 0.2) is 4.52 Å². The molecule has 1 aliphatic rings. The first-order valence-corrected chi connectivity index (χ1v) is 7.28. The van der Waals surface area contributed by atoms with E-state index in [1.54, 1.807) is 0 Å². The molecule has 1 N–H and O–H groups in total. The zero-order valence-corrected chi connectivity index (χ0v) is 11.0. The summed E-state index contributed by atoms with van der Waals surface area (Å²) in [5.74, 6) is 0.824. The monoisotopic (exact) mass is 271 g/mol. The van der Waals surface area contributed by atoms with Crippen LogP contribution in [0, 0.1) is 0 Å². The zero-order valence-electron chi connectivity index (χ0n) is 10.2. The van der Waals surface area contributed by atoms with Crippen LogP contribution >= 0.6 is 11.8 Å². The van der Waals surface area contributed by atoms with E-state index in [-0.39, 0.29) is 5.75 Å². The molecule has 18 heavy (non-hydrogen) atoms. The van der Waals surface area contributed by atoms with Gasteiger partial charge >= 0.3 is 5.97 Å². The summed E-state index contributed by atoms with van der Waals surface area (Å²) in [4.78, 5) is 16.8. The van der Waals surface area contributed by atoms with Gasteiger partial charge in [0.2, 0.25) is 5.89 Å². The molecule has 0 bridgehead atoms. The number of hydrogen-bond donors (Lipinski definition) is 1. The van der Waals surface area contributed by atoms with Gasteiger partial charge in [-0.2, -0.15) is 4.98 Å². The number of anilines is 1. The quantitative estimate of drug-likeness (QED) is 0.874. The Morgan fingerprint density at radius 2 is 2.06 bits per heavy atom. The summed E-state index contributed by atoms with van der Waals surface area (Å²) >= 11 is 1.26. The van der Waals surface area contributed by atoms with Crippen LogP contribution in [0.1, 0.15) is 31.6 Å². The molecule has 0 saturated carbocycles. The lowest BCUT2D eigenvalue weighted by molar-refractivity contribution is -0.133. The first kappa shape index (κ1) is 13.2. The van der Waals surface area contributed by atoms with Gasteiger partial charge in [-0.05, 0) is 18.0 Å². The van der Waals surface area contributed by atoms with Crippen molar-refractivity contribution in [3.63, 3.8) is 0 Å². The SMILES string of the molecule is O=C(O)CSCc1nc(N2CCCCCC2)no1. The Hall–Kier alpha value is -1.24. The van der Waals surface area contributed by atoms with Crippen molar-refractivity contribution in [2.75, 3.05) is 23.7 Å². The first-order chi connectivity index (χ1) is 8.75. The van der Waals surface area contributed by atoms with Crippen LogP contribution in [0.4, 0.5) is 5.95 Å². The van der Waals surface area contributed by atoms with E-state index >= 15 is 0 Å². The van der Waals surface area contributed by atoms with Crippen LogP contribution in [0.25, 0.3) is 0 Å². The van der Waals surface area contributed by atoms with Crippen molar-refractivity contribution in [3.8, 4) is 0 Å². The smallest absolute Gasteiger partial charge is 0.313 e. The Morgan fingerprint density at radius 1 is 1.33 bits per heavy atom. The van der Waals surface area contributed by atoms with Crippen molar-refractivity contribution in [1.82, 2.24) is 10.1 Å². The maximum absolute atomic E-state index is 10.4. The first-order valence-electron chi connectivity index (χ1n) is 6.13. The Kier molecular flexibility index (Phi) is 4.86. The lowest BCUT2D eigenvalue weighted by Gasteiger charge is -2.16. The van der Waals surface area contributed by atoms with Gasteiger partial charge in [-0.1, -0.05) is 12.8 Å². The predicted molar refractivity (Wildman–Crippen MR) is 68.8 cm³/mol. The summed E-state index contributed by atoms with van der Waals surface area (Å²) in [6.45, 7) is 1.95. The van der Waals surface area contributed by atoms with E-state index < -0.39 is 5.97 Å². The number of thioether (sulfide) groups is 1. The van der Waals surface area contributed by atoms with Crippen LogP contribution in [0.2, 0.25) is 0 Å². The van der Waals surface area contributed by atoms with E-state index in [4.69, 9.17) is 9.63 Å². The van der Waals surface area contributed by atoms with Crippen molar-refractivity contribution in [2.24, 2.45) is 0 Å². The number of aromatic nitrogens is 2. The van der Waals surface area contributed by atoms with Crippen LogP contribution in [0.3, 0.4) is 0 Å². The van der Waals surface area contributed by atoms with Crippen molar-refractivity contribution in [1.29, 1.82) is 0 Å². The molecule has 1 aliphatic heterocycles. The van der Waals surface area contributed by atoms with Crippen LogP contribution < -0.4 is 4.90 Å². The van der Waals surface area contributed by atoms with Crippen molar-refractivity contribution in [2.45, 2.75) is 31.4 Å². The summed E-state index contributed by atoms with van der Waals surface area (Å²) in [7, 11) is 0. The highest BCUT2D eigenvalue weighted by Crippen LogP contribution is 2.18. The molecule has 0 unspecified atom stereocenters. The normalized spacial score (nSPS) is 16.6. The van der Waals surface area contributed by atoms with Gasteiger partial charge in [0, 0.05) is 13.1 Å². The predicted octanol–water partition coefficient (Wildman–Crippen LogP) is 1.77. The number of nitrogens with zero attached hydrogens (tertiary/aromatic N) is 3. The van der Waals surface area contributed by atoms with Crippen molar-refractivity contribution < 1.29 is 14.4 Å². The average molecular weight is 271 g/mol. The minimum Gasteiger partial charge on any atom is -0.481 e. The number of carbonyl (C=O) groups is 1. The third-order valence-corrected chi connectivity index (χ3v) is 3.70. The van der Waals surface area contributed by atoms with Gasteiger partial charge in [0.15, 0.2) is 0 Å². The third kappa shape index (κ3) is 3.90. The second-order valence-corrected chi connectivity index (χ2v) is 5.26. The van der Waals surface area contributed by atoms with Crippen LogP contribution in [-0.4, -0.2) is 40.1 Å². The minimum absolute atomic E-state index is 0.0570. The van der Waals surface area contributed by atoms with Gasteiger partial charge < -0.3 is 14.5 Å². The molecule has 0 aliphatic carbocycles. The van der Waals surface area contributed by atoms with Crippen LogP contribution in [-0.2, 0) is 10.5 Å². The lowest BCUT2D eigenvalue weighted by atomic mass is 10.2. The molecular weight excluding hydrogens is 254 g/mol. The maximum Gasteiger partial charge on any atom is 0.313 e.